The minimum absolute atomic E-state index is 0.110. The molecular formula is C69H108O6. The van der Waals surface area contributed by atoms with E-state index in [-0.39, 0.29) is 31.1 Å². The number of carbonyl (C=O) groups excluding carboxylic acids is 3. The summed E-state index contributed by atoms with van der Waals surface area (Å²) >= 11 is 0. The van der Waals surface area contributed by atoms with Crippen molar-refractivity contribution in [3.63, 3.8) is 0 Å². The van der Waals surface area contributed by atoms with Gasteiger partial charge in [-0.3, -0.25) is 14.4 Å². The quantitative estimate of drug-likeness (QED) is 0.0261. The average molecular weight is 1030 g/mol. The van der Waals surface area contributed by atoms with Crippen LogP contribution in [0, 0.1) is 0 Å². The third kappa shape index (κ3) is 59.8. The Kier molecular flexibility index (Phi) is 57.5. The predicted molar refractivity (Wildman–Crippen MR) is 325 cm³/mol. The Morgan fingerprint density at radius 3 is 0.773 bits per heavy atom. The van der Waals surface area contributed by atoms with Crippen LogP contribution in [-0.2, 0) is 28.6 Å². The summed E-state index contributed by atoms with van der Waals surface area (Å²) in [6.45, 7) is 6.23. The smallest absolute Gasteiger partial charge is 0.306 e. The van der Waals surface area contributed by atoms with E-state index in [1.807, 2.05) is 0 Å². The fourth-order valence-corrected chi connectivity index (χ4v) is 7.63. The van der Waals surface area contributed by atoms with Gasteiger partial charge in [0.1, 0.15) is 13.2 Å². The zero-order valence-corrected chi connectivity index (χ0v) is 48.0. The number of rotatable bonds is 52. The molecule has 0 aromatic heterocycles. The first-order valence-corrected chi connectivity index (χ1v) is 30.0. The summed E-state index contributed by atoms with van der Waals surface area (Å²) in [5, 5.41) is 0. The van der Waals surface area contributed by atoms with Crippen molar-refractivity contribution in [1.29, 1.82) is 0 Å². The lowest BCUT2D eigenvalue weighted by atomic mass is 10.1. The van der Waals surface area contributed by atoms with Crippen molar-refractivity contribution in [1.82, 2.24) is 0 Å². The second-order valence-electron chi connectivity index (χ2n) is 19.1. The van der Waals surface area contributed by atoms with Crippen LogP contribution in [0.5, 0.6) is 0 Å². The van der Waals surface area contributed by atoms with Gasteiger partial charge in [-0.15, -0.1) is 0 Å². The topological polar surface area (TPSA) is 78.9 Å². The first-order valence-electron chi connectivity index (χ1n) is 30.0. The summed E-state index contributed by atoms with van der Waals surface area (Å²) in [6, 6.07) is 0. The highest BCUT2D eigenvalue weighted by Gasteiger charge is 2.19. The molecule has 0 aromatic rings. The van der Waals surface area contributed by atoms with Crippen molar-refractivity contribution in [2.45, 2.75) is 245 Å². The fraction of sp³-hybridized carbons (Fsp3) is 0.580. The van der Waals surface area contributed by atoms with E-state index in [9.17, 15) is 14.4 Å². The molecule has 0 radical (unpaired) electrons. The second-order valence-corrected chi connectivity index (χ2v) is 19.1. The third-order valence-electron chi connectivity index (χ3n) is 12.0. The summed E-state index contributed by atoms with van der Waals surface area (Å²) < 4.78 is 16.8. The van der Waals surface area contributed by atoms with Crippen LogP contribution in [0.25, 0.3) is 0 Å². The van der Waals surface area contributed by atoms with Gasteiger partial charge in [0.25, 0.3) is 0 Å². The highest BCUT2D eigenvalue weighted by molar-refractivity contribution is 5.71. The molecule has 0 aliphatic heterocycles. The monoisotopic (exact) mass is 1030 g/mol. The molecule has 0 saturated heterocycles. The standard InChI is InChI=1S/C69H108O6/c1-4-7-10-13-16-19-22-25-28-30-32-33-34-35-37-38-41-44-47-50-53-56-59-62-68(71)74-65-66(64-73-67(70)61-58-55-52-49-46-43-40-27-24-21-18-15-12-9-6-3)75-69(72)63-60-57-54-51-48-45-42-39-36-31-29-26-23-20-17-14-11-8-5-2/h7-12,16-21,25-29,32-33,35-37,39-40,46,49,66H,4-6,13-15,22-24,30-31,34,38,41-45,47-48,50-65H2,1-3H3/b10-7-,11-8-,12-9-,19-16-,20-17-,21-18-,28-25-,29-26-,33-32-,37-35-,39-36-,40-27-,49-46-. The number of hydrogen-bond acceptors (Lipinski definition) is 6. The summed E-state index contributed by atoms with van der Waals surface area (Å²) in [7, 11) is 0. The Morgan fingerprint density at radius 1 is 0.267 bits per heavy atom. The van der Waals surface area contributed by atoms with Gasteiger partial charge >= 0.3 is 17.9 Å². The molecule has 0 aromatic carbocycles. The van der Waals surface area contributed by atoms with E-state index < -0.39 is 6.10 Å². The molecular weight excluding hydrogens is 925 g/mol. The Morgan fingerprint density at radius 2 is 0.480 bits per heavy atom. The molecule has 0 bridgehead atoms. The maximum atomic E-state index is 12.9. The number of ether oxygens (including phenoxy) is 3. The zero-order chi connectivity index (χ0) is 54.3. The first-order chi connectivity index (χ1) is 37.0. The average Bonchev–Trinajstić information content (AvgIpc) is 3.41. The molecule has 420 valence electrons. The van der Waals surface area contributed by atoms with Gasteiger partial charge < -0.3 is 14.2 Å². The van der Waals surface area contributed by atoms with Crippen LogP contribution in [-0.4, -0.2) is 37.2 Å². The van der Waals surface area contributed by atoms with Crippen LogP contribution in [0.2, 0.25) is 0 Å². The number of hydrogen-bond donors (Lipinski definition) is 0. The number of unbranched alkanes of at least 4 members (excludes halogenated alkanes) is 15. The third-order valence-corrected chi connectivity index (χ3v) is 12.0. The molecule has 0 amide bonds. The van der Waals surface area contributed by atoms with Crippen molar-refractivity contribution in [2.24, 2.45) is 0 Å². The van der Waals surface area contributed by atoms with Gasteiger partial charge in [-0.1, -0.05) is 237 Å². The number of esters is 3. The molecule has 0 rings (SSSR count). The Hall–Kier alpha value is -4.97. The summed E-state index contributed by atoms with van der Waals surface area (Å²) in [4.78, 5) is 38.3. The van der Waals surface area contributed by atoms with Crippen molar-refractivity contribution >= 4 is 17.9 Å². The lowest BCUT2D eigenvalue weighted by Gasteiger charge is -2.18. The van der Waals surface area contributed by atoms with Crippen molar-refractivity contribution in [3.8, 4) is 0 Å². The van der Waals surface area contributed by atoms with Gasteiger partial charge in [0.2, 0.25) is 0 Å². The summed E-state index contributed by atoms with van der Waals surface area (Å²) in [5.41, 5.74) is 0. The predicted octanol–water partition coefficient (Wildman–Crippen LogP) is 20.5. The van der Waals surface area contributed by atoms with Gasteiger partial charge in [-0.2, -0.15) is 0 Å². The fourth-order valence-electron chi connectivity index (χ4n) is 7.63. The van der Waals surface area contributed by atoms with Crippen molar-refractivity contribution in [3.05, 3.63) is 158 Å². The molecule has 0 saturated carbocycles. The lowest BCUT2D eigenvalue weighted by molar-refractivity contribution is -0.167. The van der Waals surface area contributed by atoms with E-state index in [0.29, 0.717) is 25.7 Å². The van der Waals surface area contributed by atoms with E-state index in [1.165, 1.54) is 38.5 Å². The van der Waals surface area contributed by atoms with Crippen molar-refractivity contribution in [2.75, 3.05) is 13.2 Å². The molecule has 0 spiro atoms. The van der Waals surface area contributed by atoms with Gasteiger partial charge in [0.15, 0.2) is 6.10 Å². The maximum absolute atomic E-state index is 12.9. The largest absolute Gasteiger partial charge is 0.462 e. The van der Waals surface area contributed by atoms with E-state index >= 15 is 0 Å². The summed E-state index contributed by atoms with van der Waals surface area (Å²) in [5.74, 6) is -0.983. The first kappa shape index (κ1) is 70.0. The highest BCUT2D eigenvalue weighted by atomic mass is 16.6. The molecule has 6 nitrogen and oxygen atoms in total. The molecule has 1 atom stereocenters. The second kappa shape index (κ2) is 61.6. The van der Waals surface area contributed by atoms with Crippen LogP contribution in [0.4, 0.5) is 0 Å². The molecule has 0 aliphatic carbocycles. The molecule has 6 heteroatoms. The van der Waals surface area contributed by atoms with Gasteiger partial charge in [0, 0.05) is 19.3 Å². The van der Waals surface area contributed by atoms with Crippen LogP contribution >= 0.6 is 0 Å². The Bertz CT molecular complexity index is 1710. The molecule has 0 N–H and O–H groups in total. The Balaban J connectivity index is 4.50. The Labute approximate surface area is 460 Å². The number of allylic oxidation sites excluding steroid dienone is 26. The van der Waals surface area contributed by atoms with Crippen LogP contribution in [0.3, 0.4) is 0 Å². The molecule has 1 unspecified atom stereocenters. The normalized spacial score (nSPS) is 13.3. The molecule has 75 heavy (non-hydrogen) atoms. The molecule has 0 heterocycles. The molecule has 0 aliphatic rings. The summed E-state index contributed by atoms with van der Waals surface area (Å²) in [6.07, 6.45) is 89.5. The van der Waals surface area contributed by atoms with Gasteiger partial charge in [-0.05, 0) is 141 Å². The maximum Gasteiger partial charge on any atom is 0.306 e. The zero-order valence-electron chi connectivity index (χ0n) is 48.0. The van der Waals surface area contributed by atoms with Crippen LogP contribution in [0.15, 0.2) is 158 Å². The van der Waals surface area contributed by atoms with E-state index in [4.69, 9.17) is 14.2 Å². The van der Waals surface area contributed by atoms with Crippen molar-refractivity contribution < 1.29 is 28.6 Å². The molecule has 0 fully saturated rings. The highest BCUT2D eigenvalue weighted by Crippen LogP contribution is 2.14. The van der Waals surface area contributed by atoms with E-state index in [0.717, 1.165) is 154 Å². The van der Waals surface area contributed by atoms with Crippen LogP contribution in [0.1, 0.15) is 239 Å². The van der Waals surface area contributed by atoms with Crippen LogP contribution < -0.4 is 0 Å². The lowest BCUT2D eigenvalue weighted by Crippen LogP contribution is -2.30. The number of carbonyl (C=O) groups is 3. The van der Waals surface area contributed by atoms with Gasteiger partial charge in [0.05, 0.1) is 0 Å². The van der Waals surface area contributed by atoms with Gasteiger partial charge in [-0.25, -0.2) is 0 Å². The SMILES string of the molecule is CC/C=C\C/C=C\C/C=C\C/C=C\C/C=C\CCCCCCCCCC(=O)OCC(COC(=O)CCCC/C=C\C/C=C\C/C=C\C/C=C\CC)OC(=O)CCCCCCCC/C=C\C/C=C\C/C=C\C/C=C\CC. The van der Waals surface area contributed by atoms with E-state index in [1.54, 1.807) is 0 Å². The minimum Gasteiger partial charge on any atom is -0.462 e. The minimum atomic E-state index is -0.817. The van der Waals surface area contributed by atoms with E-state index in [2.05, 4.69) is 179 Å².